The number of nitrogens with one attached hydrogen (secondary N) is 2. The molecule has 1 aromatic heterocycles. The van der Waals surface area contributed by atoms with Crippen LogP contribution >= 0.6 is 15.9 Å². The highest BCUT2D eigenvalue weighted by Gasteiger charge is 2.08. The van der Waals surface area contributed by atoms with Crippen LogP contribution in [0, 0.1) is 6.92 Å². The van der Waals surface area contributed by atoms with Crippen LogP contribution in [-0.4, -0.2) is 9.97 Å². The van der Waals surface area contributed by atoms with E-state index in [0.717, 1.165) is 28.0 Å². The van der Waals surface area contributed by atoms with Gasteiger partial charge in [0.15, 0.2) is 0 Å². The van der Waals surface area contributed by atoms with Gasteiger partial charge in [0, 0.05) is 15.7 Å². The van der Waals surface area contributed by atoms with Gasteiger partial charge in [-0.1, -0.05) is 22.9 Å². The maximum atomic E-state index is 5.41. The third kappa shape index (κ3) is 3.02. The molecule has 0 amide bonds. The van der Waals surface area contributed by atoms with Crippen LogP contribution < -0.4 is 16.6 Å². The molecule has 0 atom stereocenters. The summed E-state index contributed by atoms with van der Waals surface area (Å²) in [5, 5.41) is 3.33. The van der Waals surface area contributed by atoms with Crippen molar-refractivity contribution in [3.63, 3.8) is 0 Å². The quantitative estimate of drug-likeness (QED) is 0.595. The zero-order valence-electron chi connectivity index (χ0n) is 10.9. The van der Waals surface area contributed by atoms with E-state index in [9.17, 15) is 0 Å². The molecule has 0 aliphatic rings. The topological polar surface area (TPSA) is 75.9 Å². The number of anilines is 3. The van der Waals surface area contributed by atoms with E-state index in [1.807, 2.05) is 19.1 Å². The fourth-order valence-electron chi connectivity index (χ4n) is 1.83. The molecule has 0 unspecified atom stereocenters. The van der Waals surface area contributed by atoms with E-state index < -0.39 is 0 Å². The Bertz CT molecular complexity index is 585. The normalized spacial score (nSPS) is 10.3. The molecule has 2 rings (SSSR count). The molecule has 4 N–H and O–H groups in total. The van der Waals surface area contributed by atoms with Crippen LogP contribution in [0.25, 0.3) is 0 Å². The fraction of sp³-hybridized carbons (Fsp3) is 0.231. The minimum Gasteiger partial charge on any atom is -0.340 e. The molecule has 0 bridgehead atoms. The van der Waals surface area contributed by atoms with E-state index in [1.54, 1.807) is 0 Å². The number of nitrogen functional groups attached to an aromatic ring is 1. The van der Waals surface area contributed by atoms with E-state index in [0.29, 0.717) is 5.82 Å². The molecular weight excluding hydrogens is 306 g/mol. The maximum Gasteiger partial charge on any atom is 0.148 e. The Labute approximate surface area is 120 Å². The van der Waals surface area contributed by atoms with Crippen LogP contribution in [0.15, 0.2) is 29.0 Å². The van der Waals surface area contributed by atoms with Crippen LogP contribution in [0.2, 0.25) is 0 Å². The second-order valence-corrected chi connectivity index (χ2v) is 5.04. The summed E-state index contributed by atoms with van der Waals surface area (Å²) in [7, 11) is 0. The van der Waals surface area contributed by atoms with Gasteiger partial charge < -0.3 is 10.7 Å². The van der Waals surface area contributed by atoms with Crippen molar-refractivity contribution in [1.82, 2.24) is 9.97 Å². The van der Waals surface area contributed by atoms with Crippen LogP contribution in [0.1, 0.15) is 18.1 Å². The predicted molar refractivity (Wildman–Crippen MR) is 81.4 cm³/mol. The van der Waals surface area contributed by atoms with Crippen LogP contribution in [-0.2, 0) is 6.42 Å². The molecule has 0 fully saturated rings. The van der Waals surface area contributed by atoms with E-state index in [2.05, 4.69) is 49.6 Å². The predicted octanol–water partition coefficient (Wildman–Crippen LogP) is 3.14. The van der Waals surface area contributed by atoms with Crippen molar-refractivity contribution in [2.45, 2.75) is 20.3 Å². The van der Waals surface area contributed by atoms with Crippen molar-refractivity contribution in [1.29, 1.82) is 0 Å². The summed E-state index contributed by atoms with van der Waals surface area (Å²) in [5.41, 5.74) is 5.70. The average Bonchev–Trinajstić information content (AvgIpc) is 2.42. The number of nitrogens with two attached hydrogens (primary N) is 1. The molecule has 0 radical (unpaired) electrons. The summed E-state index contributed by atoms with van der Waals surface area (Å²) in [5.74, 6) is 6.78. The first kappa shape index (κ1) is 13.8. The number of hydrogen-bond acceptors (Lipinski definition) is 5. The summed E-state index contributed by atoms with van der Waals surface area (Å²) >= 11 is 3.48. The number of halogens is 1. The molecule has 100 valence electrons. The fourth-order valence-corrected chi connectivity index (χ4v) is 2.23. The van der Waals surface area contributed by atoms with Crippen LogP contribution in [0.4, 0.5) is 17.3 Å². The zero-order valence-corrected chi connectivity index (χ0v) is 12.5. The van der Waals surface area contributed by atoms with E-state index >= 15 is 0 Å². The Morgan fingerprint density at radius 1 is 1.26 bits per heavy atom. The van der Waals surface area contributed by atoms with Crippen molar-refractivity contribution in [2.24, 2.45) is 5.84 Å². The number of hydrazine groups is 1. The van der Waals surface area contributed by atoms with Gasteiger partial charge in [0.25, 0.3) is 0 Å². The van der Waals surface area contributed by atoms with Crippen molar-refractivity contribution < 1.29 is 0 Å². The lowest BCUT2D eigenvalue weighted by Gasteiger charge is -2.13. The van der Waals surface area contributed by atoms with Gasteiger partial charge in [-0.15, -0.1) is 0 Å². The smallest absolute Gasteiger partial charge is 0.148 e. The Hall–Kier alpha value is -1.66. The van der Waals surface area contributed by atoms with Crippen molar-refractivity contribution in [3.05, 3.63) is 40.1 Å². The summed E-state index contributed by atoms with van der Waals surface area (Å²) in [6.45, 7) is 4.04. The second kappa shape index (κ2) is 5.99. The summed E-state index contributed by atoms with van der Waals surface area (Å²) < 4.78 is 1.07. The third-order valence-corrected chi connectivity index (χ3v) is 3.42. The molecule has 2 aromatic rings. The molecule has 0 aliphatic heterocycles. The van der Waals surface area contributed by atoms with Gasteiger partial charge in [0.05, 0.1) is 0 Å². The van der Waals surface area contributed by atoms with Gasteiger partial charge in [0.2, 0.25) is 0 Å². The lowest BCUT2D eigenvalue weighted by molar-refractivity contribution is 1.09. The third-order valence-electron chi connectivity index (χ3n) is 2.92. The highest BCUT2D eigenvalue weighted by Crippen LogP contribution is 2.26. The number of rotatable bonds is 4. The van der Waals surface area contributed by atoms with Gasteiger partial charge in [-0.05, 0) is 37.1 Å². The van der Waals surface area contributed by atoms with Gasteiger partial charge in [-0.25, -0.2) is 15.8 Å². The van der Waals surface area contributed by atoms with Gasteiger partial charge >= 0.3 is 0 Å². The first-order chi connectivity index (χ1) is 9.15. The van der Waals surface area contributed by atoms with Gasteiger partial charge in [-0.3, -0.25) is 0 Å². The zero-order chi connectivity index (χ0) is 13.8. The monoisotopic (exact) mass is 321 g/mol. The SMILES string of the molecule is CCc1cc(Br)ccc1Nc1ncnc(NN)c1C. The number of aromatic nitrogens is 2. The first-order valence-corrected chi connectivity index (χ1v) is 6.78. The maximum absolute atomic E-state index is 5.41. The highest BCUT2D eigenvalue weighted by atomic mass is 79.9. The molecule has 0 saturated carbocycles. The summed E-state index contributed by atoms with van der Waals surface area (Å²) in [4.78, 5) is 8.31. The number of aryl methyl sites for hydroxylation is 1. The molecule has 1 heterocycles. The minimum atomic E-state index is 0.618. The average molecular weight is 322 g/mol. The van der Waals surface area contributed by atoms with Crippen molar-refractivity contribution in [2.75, 3.05) is 10.7 Å². The first-order valence-electron chi connectivity index (χ1n) is 5.99. The standard InChI is InChI=1S/C13H16BrN5/c1-3-9-6-10(14)4-5-11(9)18-12-8(2)13(19-15)17-7-16-12/h4-7H,3,15H2,1-2H3,(H2,16,17,18,19). The molecule has 5 nitrogen and oxygen atoms in total. The van der Waals surface area contributed by atoms with Gasteiger partial charge in [0.1, 0.15) is 18.0 Å². The van der Waals surface area contributed by atoms with Crippen molar-refractivity contribution in [3.8, 4) is 0 Å². The number of benzene rings is 1. The molecule has 0 saturated heterocycles. The van der Waals surface area contributed by atoms with E-state index in [-0.39, 0.29) is 0 Å². The van der Waals surface area contributed by atoms with Crippen LogP contribution in [0.3, 0.4) is 0 Å². The molecule has 6 heteroatoms. The Morgan fingerprint density at radius 2 is 2.00 bits per heavy atom. The van der Waals surface area contributed by atoms with E-state index in [4.69, 9.17) is 5.84 Å². The largest absolute Gasteiger partial charge is 0.340 e. The molecule has 0 aliphatic carbocycles. The van der Waals surface area contributed by atoms with Crippen LogP contribution in [0.5, 0.6) is 0 Å². The Morgan fingerprint density at radius 3 is 2.68 bits per heavy atom. The lowest BCUT2D eigenvalue weighted by Crippen LogP contribution is -2.12. The Kier molecular flexibility index (Phi) is 4.34. The minimum absolute atomic E-state index is 0.618. The van der Waals surface area contributed by atoms with Gasteiger partial charge in [-0.2, -0.15) is 0 Å². The second-order valence-electron chi connectivity index (χ2n) is 4.12. The summed E-state index contributed by atoms with van der Waals surface area (Å²) in [6, 6.07) is 6.13. The Balaban J connectivity index is 2.36. The number of hydrogen-bond donors (Lipinski definition) is 3. The lowest BCUT2D eigenvalue weighted by atomic mass is 10.1. The highest BCUT2D eigenvalue weighted by molar-refractivity contribution is 9.10. The molecule has 1 aromatic carbocycles. The molecule has 19 heavy (non-hydrogen) atoms. The number of nitrogens with zero attached hydrogens (tertiary/aromatic N) is 2. The summed E-state index contributed by atoms with van der Waals surface area (Å²) in [6.07, 6.45) is 2.42. The molecule has 0 spiro atoms. The van der Waals surface area contributed by atoms with E-state index in [1.165, 1.54) is 11.9 Å². The molecular formula is C13H16BrN5. The van der Waals surface area contributed by atoms with Crippen molar-refractivity contribution >= 4 is 33.3 Å².